The summed E-state index contributed by atoms with van der Waals surface area (Å²) in [6, 6.07) is 6.61. The molecule has 0 aromatic heterocycles. The number of thiocarbonyl (C=S) groups is 1. The lowest BCUT2D eigenvalue weighted by molar-refractivity contribution is 0.500. The zero-order valence-corrected chi connectivity index (χ0v) is 15.5. The molecule has 1 aromatic carbocycles. The monoisotopic (exact) mass is 341 g/mol. The van der Waals surface area contributed by atoms with Gasteiger partial charge in [0.15, 0.2) is 0 Å². The standard InChI is InChI=1S/C20H27N3S/c1-4-18-13-17(6-5-16-9-11-23(3)12-10-16)7-8-19(18)15(2)22-20(24)14-21/h7-11,13H,2,4-6,12,14,21H2,1,3H3,(H,22,24). The average Bonchev–Trinajstić information content (AvgIpc) is 2.60. The first kappa shape index (κ1) is 18.4. The summed E-state index contributed by atoms with van der Waals surface area (Å²) in [6.07, 6.45) is 9.74. The molecule has 3 N–H and O–H groups in total. The fraction of sp³-hybridized carbons (Fsp3) is 0.350. The van der Waals surface area contributed by atoms with Gasteiger partial charge in [0.1, 0.15) is 0 Å². The van der Waals surface area contributed by atoms with Gasteiger partial charge in [0, 0.05) is 31.4 Å². The molecule has 1 aliphatic heterocycles. The minimum atomic E-state index is 0.339. The molecule has 2 rings (SSSR count). The van der Waals surface area contributed by atoms with Gasteiger partial charge in [-0.25, -0.2) is 0 Å². The Morgan fingerprint density at radius 3 is 2.79 bits per heavy atom. The summed E-state index contributed by atoms with van der Waals surface area (Å²) >= 11 is 5.15. The number of nitrogens with one attached hydrogen (secondary N) is 1. The van der Waals surface area contributed by atoms with Gasteiger partial charge in [-0.2, -0.15) is 0 Å². The van der Waals surface area contributed by atoms with E-state index in [9.17, 15) is 0 Å². The van der Waals surface area contributed by atoms with E-state index >= 15 is 0 Å². The van der Waals surface area contributed by atoms with Gasteiger partial charge in [-0.3, -0.25) is 0 Å². The second-order valence-corrected chi connectivity index (χ2v) is 6.60. The first-order valence-electron chi connectivity index (χ1n) is 8.42. The van der Waals surface area contributed by atoms with Crippen LogP contribution in [0.2, 0.25) is 0 Å². The second-order valence-electron chi connectivity index (χ2n) is 6.11. The predicted octanol–water partition coefficient (Wildman–Crippen LogP) is 3.41. The molecule has 0 saturated heterocycles. The Hall–Kier alpha value is -1.91. The summed E-state index contributed by atoms with van der Waals surface area (Å²) in [5.41, 5.74) is 11.6. The molecule has 0 fully saturated rings. The largest absolute Gasteiger partial charge is 0.377 e. The van der Waals surface area contributed by atoms with Gasteiger partial charge in [0.05, 0.1) is 4.99 Å². The Balaban J connectivity index is 2.04. The fourth-order valence-corrected chi connectivity index (χ4v) is 2.89. The van der Waals surface area contributed by atoms with Crippen LogP contribution in [0.3, 0.4) is 0 Å². The Morgan fingerprint density at radius 2 is 2.17 bits per heavy atom. The van der Waals surface area contributed by atoms with Crippen molar-refractivity contribution in [3.05, 3.63) is 65.4 Å². The molecule has 24 heavy (non-hydrogen) atoms. The zero-order chi connectivity index (χ0) is 17.5. The maximum Gasteiger partial charge on any atom is 0.0935 e. The van der Waals surface area contributed by atoms with Crippen molar-refractivity contribution in [1.29, 1.82) is 0 Å². The van der Waals surface area contributed by atoms with Gasteiger partial charge in [0.2, 0.25) is 0 Å². The Bertz CT molecular complexity index is 673. The van der Waals surface area contributed by atoms with Crippen LogP contribution in [0.4, 0.5) is 0 Å². The first-order chi connectivity index (χ1) is 11.5. The van der Waals surface area contributed by atoms with E-state index in [1.165, 1.54) is 16.7 Å². The minimum absolute atomic E-state index is 0.339. The van der Waals surface area contributed by atoms with E-state index in [0.717, 1.165) is 37.1 Å². The summed E-state index contributed by atoms with van der Waals surface area (Å²) in [6.45, 7) is 7.60. The molecule has 0 saturated carbocycles. The molecule has 0 radical (unpaired) electrons. The minimum Gasteiger partial charge on any atom is -0.377 e. The summed E-state index contributed by atoms with van der Waals surface area (Å²) in [5.74, 6) is 0. The highest BCUT2D eigenvalue weighted by molar-refractivity contribution is 7.80. The van der Waals surface area contributed by atoms with Crippen molar-refractivity contribution in [3.8, 4) is 0 Å². The fourth-order valence-electron chi connectivity index (χ4n) is 2.76. The second kappa shape index (κ2) is 8.81. The number of nitrogens with zero attached hydrogens (tertiary/aromatic N) is 1. The maximum atomic E-state index is 5.55. The van der Waals surface area contributed by atoms with E-state index in [-0.39, 0.29) is 0 Å². The maximum absolute atomic E-state index is 5.55. The molecule has 1 aromatic rings. The van der Waals surface area contributed by atoms with Crippen LogP contribution in [0.25, 0.3) is 5.70 Å². The van der Waals surface area contributed by atoms with Gasteiger partial charge < -0.3 is 16.0 Å². The van der Waals surface area contributed by atoms with Crippen LogP contribution in [0.5, 0.6) is 0 Å². The number of likely N-dealkylation sites (N-methyl/N-ethyl adjacent to an activating group) is 1. The summed E-state index contributed by atoms with van der Waals surface area (Å²) in [5, 5.41) is 3.12. The highest BCUT2D eigenvalue weighted by Gasteiger charge is 2.08. The van der Waals surface area contributed by atoms with E-state index in [0.29, 0.717) is 11.5 Å². The smallest absolute Gasteiger partial charge is 0.0935 e. The molecule has 0 spiro atoms. The topological polar surface area (TPSA) is 41.3 Å². The quantitative estimate of drug-likeness (QED) is 0.746. The van der Waals surface area contributed by atoms with Gasteiger partial charge in [-0.1, -0.05) is 50.0 Å². The number of rotatable bonds is 7. The lowest BCUT2D eigenvalue weighted by atomic mass is 9.96. The van der Waals surface area contributed by atoms with Crippen LogP contribution < -0.4 is 11.1 Å². The van der Waals surface area contributed by atoms with Crippen molar-refractivity contribution in [2.75, 3.05) is 20.1 Å². The molecule has 1 aliphatic rings. The number of benzene rings is 1. The third kappa shape index (κ3) is 5.05. The Kier molecular flexibility index (Phi) is 6.76. The number of nitrogens with two attached hydrogens (primary N) is 1. The highest BCUT2D eigenvalue weighted by Crippen LogP contribution is 2.21. The predicted molar refractivity (Wildman–Crippen MR) is 108 cm³/mol. The van der Waals surface area contributed by atoms with Crippen molar-refractivity contribution in [2.24, 2.45) is 5.73 Å². The number of aryl methyl sites for hydroxylation is 2. The molecule has 0 unspecified atom stereocenters. The lowest BCUT2D eigenvalue weighted by Crippen LogP contribution is -2.27. The molecule has 0 amide bonds. The Morgan fingerprint density at radius 1 is 1.38 bits per heavy atom. The molecule has 0 atom stereocenters. The van der Waals surface area contributed by atoms with Crippen molar-refractivity contribution in [1.82, 2.24) is 10.2 Å². The number of hydrogen-bond donors (Lipinski definition) is 2. The summed E-state index contributed by atoms with van der Waals surface area (Å²) in [7, 11) is 2.09. The Labute approximate surface area is 150 Å². The van der Waals surface area contributed by atoms with Gasteiger partial charge in [-0.05, 0) is 48.2 Å². The normalized spacial score (nSPS) is 13.6. The third-order valence-electron chi connectivity index (χ3n) is 4.24. The summed E-state index contributed by atoms with van der Waals surface area (Å²) < 4.78 is 0. The molecule has 0 bridgehead atoms. The van der Waals surface area contributed by atoms with Crippen LogP contribution >= 0.6 is 12.2 Å². The molecule has 128 valence electrons. The third-order valence-corrected chi connectivity index (χ3v) is 4.51. The van der Waals surface area contributed by atoms with Crippen LogP contribution in [-0.4, -0.2) is 30.0 Å². The van der Waals surface area contributed by atoms with Crippen molar-refractivity contribution in [2.45, 2.75) is 26.2 Å². The molecular weight excluding hydrogens is 314 g/mol. The molecule has 0 aliphatic carbocycles. The molecule has 4 heteroatoms. The number of hydrogen-bond acceptors (Lipinski definition) is 3. The highest BCUT2D eigenvalue weighted by atomic mass is 32.1. The molecule has 3 nitrogen and oxygen atoms in total. The summed E-state index contributed by atoms with van der Waals surface area (Å²) in [4.78, 5) is 2.80. The molecule has 1 heterocycles. The first-order valence-corrected chi connectivity index (χ1v) is 8.82. The van der Waals surface area contributed by atoms with Crippen LogP contribution in [0.1, 0.15) is 30.0 Å². The van der Waals surface area contributed by atoms with Gasteiger partial charge in [-0.15, -0.1) is 0 Å². The van der Waals surface area contributed by atoms with Crippen molar-refractivity contribution >= 4 is 22.9 Å². The SMILES string of the molecule is C=C(NC(=S)CN)c1ccc(CCC2=CCN(C)C=C2)cc1CC. The van der Waals surface area contributed by atoms with Crippen LogP contribution in [-0.2, 0) is 12.8 Å². The van der Waals surface area contributed by atoms with Crippen LogP contribution in [0, 0.1) is 0 Å². The van der Waals surface area contributed by atoms with Gasteiger partial charge >= 0.3 is 0 Å². The lowest BCUT2D eigenvalue weighted by Gasteiger charge is -2.17. The van der Waals surface area contributed by atoms with E-state index < -0.39 is 0 Å². The average molecular weight is 342 g/mol. The zero-order valence-electron chi connectivity index (χ0n) is 14.6. The van der Waals surface area contributed by atoms with Crippen molar-refractivity contribution in [3.63, 3.8) is 0 Å². The van der Waals surface area contributed by atoms with E-state index in [2.05, 4.69) is 67.3 Å². The van der Waals surface area contributed by atoms with Crippen molar-refractivity contribution < 1.29 is 0 Å². The van der Waals surface area contributed by atoms with E-state index in [1.54, 1.807) is 0 Å². The van der Waals surface area contributed by atoms with E-state index in [4.69, 9.17) is 18.0 Å². The van der Waals surface area contributed by atoms with Gasteiger partial charge in [0.25, 0.3) is 0 Å². The number of allylic oxidation sites excluding steroid dienone is 2. The van der Waals surface area contributed by atoms with Crippen LogP contribution in [0.15, 0.2) is 48.7 Å². The molecular formula is C20H27N3S. The van der Waals surface area contributed by atoms with E-state index in [1.807, 2.05) is 0 Å².